The van der Waals surface area contributed by atoms with E-state index < -0.39 is 11.7 Å². The Labute approximate surface area is 115 Å². The van der Waals surface area contributed by atoms with Crippen LogP contribution in [0.15, 0.2) is 35.5 Å². The van der Waals surface area contributed by atoms with Crippen LogP contribution >= 0.6 is 0 Å². The van der Waals surface area contributed by atoms with Crippen LogP contribution in [-0.2, 0) is 17.4 Å². The molecule has 0 amide bonds. The smallest absolute Gasteiger partial charge is 0.396 e. The molecule has 20 heavy (non-hydrogen) atoms. The van der Waals surface area contributed by atoms with E-state index in [-0.39, 0.29) is 12.2 Å². The molecular weight excluding hydrogens is 267 g/mol. The zero-order valence-electron chi connectivity index (χ0n) is 11.0. The molecule has 0 aromatic heterocycles. The van der Waals surface area contributed by atoms with Gasteiger partial charge in [0.15, 0.2) is 5.78 Å². The van der Waals surface area contributed by atoms with Gasteiger partial charge in [-0.1, -0.05) is 12.1 Å². The SMILES string of the molecule is NC(C(=O)Cc1ccc(C(F)(F)F)cc1)=C1CCCC1. The van der Waals surface area contributed by atoms with E-state index in [1.54, 1.807) is 0 Å². The number of halogens is 3. The lowest BCUT2D eigenvalue weighted by Crippen LogP contribution is -2.16. The second-order valence-electron chi connectivity index (χ2n) is 5.02. The van der Waals surface area contributed by atoms with Crippen molar-refractivity contribution in [3.05, 3.63) is 46.7 Å². The molecular formula is C15H16F3NO. The van der Waals surface area contributed by atoms with Gasteiger partial charge in [-0.3, -0.25) is 4.79 Å². The zero-order chi connectivity index (χ0) is 14.8. The molecule has 0 bridgehead atoms. The second-order valence-corrected chi connectivity index (χ2v) is 5.02. The highest BCUT2D eigenvalue weighted by Gasteiger charge is 2.30. The van der Waals surface area contributed by atoms with Gasteiger partial charge in [0.05, 0.1) is 11.3 Å². The van der Waals surface area contributed by atoms with Gasteiger partial charge in [-0.15, -0.1) is 0 Å². The molecule has 1 saturated carbocycles. The third kappa shape index (κ3) is 3.40. The molecule has 2 nitrogen and oxygen atoms in total. The Kier molecular flexibility index (Phi) is 4.16. The number of hydrogen-bond acceptors (Lipinski definition) is 2. The van der Waals surface area contributed by atoms with Crippen molar-refractivity contribution in [1.82, 2.24) is 0 Å². The Morgan fingerprint density at radius 2 is 1.65 bits per heavy atom. The molecule has 0 spiro atoms. The summed E-state index contributed by atoms with van der Waals surface area (Å²) in [6, 6.07) is 4.63. The fourth-order valence-corrected chi connectivity index (χ4v) is 2.36. The van der Waals surface area contributed by atoms with Crippen molar-refractivity contribution in [3.8, 4) is 0 Å². The number of Topliss-reactive ketones (excluding diaryl/α,β-unsaturated/α-hetero) is 1. The third-order valence-electron chi connectivity index (χ3n) is 3.53. The predicted octanol–water partition coefficient (Wildman–Crippen LogP) is 3.60. The number of nitrogens with two attached hydrogens (primary N) is 1. The summed E-state index contributed by atoms with van der Waals surface area (Å²) in [6.07, 6.45) is -0.511. The number of rotatable bonds is 3. The summed E-state index contributed by atoms with van der Waals surface area (Å²) in [5, 5.41) is 0. The summed E-state index contributed by atoms with van der Waals surface area (Å²) in [7, 11) is 0. The molecule has 0 radical (unpaired) electrons. The first-order valence-corrected chi connectivity index (χ1v) is 6.55. The summed E-state index contributed by atoms with van der Waals surface area (Å²) in [4.78, 5) is 12.0. The van der Waals surface area contributed by atoms with Gasteiger partial charge in [0.1, 0.15) is 0 Å². The van der Waals surface area contributed by atoms with E-state index in [9.17, 15) is 18.0 Å². The maximum atomic E-state index is 12.4. The predicted molar refractivity (Wildman–Crippen MR) is 69.8 cm³/mol. The first kappa shape index (κ1) is 14.6. The Morgan fingerprint density at radius 1 is 1.10 bits per heavy atom. The minimum absolute atomic E-state index is 0.0491. The maximum Gasteiger partial charge on any atom is 0.416 e. The number of allylic oxidation sites excluding steroid dienone is 2. The van der Waals surface area contributed by atoms with Crippen LogP contribution in [0.4, 0.5) is 13.2 Å². The molecule has 1 aromatic rings. The van der Waals surface area contributed by atoms with Crippen LogP contribution in [0.2, 0.25) is 0 Å². The summed E-state index contributed by atoms with van der Waals surface area (Å²) in [5.41, 5.74) is 6.94. The fourth-order valence-electron chi connectivity index (χ4n) is 2.36. The summed E-state index contributed by atoms with van der Waals surface area (Å²) in [6.45, 7) is 0. The molecule has 0 heterocycles. The van der Waals surface area contributed by atoms with Gasteiger partial charge in [-0.25, -0.2) is 0 Å². The molecule has 0 atom stereocenters. The van der Waals surface area contributed by atoms with E-state index >= 15 is 0 Å². The minimum Gasteiger partial charge on any atom is -0.396 e. The number of carbonyl (C=O) groups is 1. The van der Waals surface area contributed by atoms with Gasteiger partial charge in [-0.05, 0) is 49.0 Å². The number of hydrogen-bond donors (Lipinski definition) is 1. The van der Waals surface area contributed by atoms with E-state index in [2.05, 4.69) is 0 Å². The number of ketones is 1. The van der Waals surface area contributed by atoms with Gasteiger partial charge < -0.3 is 5.73 Å². The number of carbonyl (C=O) groups excluding carboxylic acids is 1. The first-order chi connectivity index (χ1) is 9.38. The molecule has 2 rings (SSSR count). The Bertz CT molecular complexity index is 521. The zero-order valence-corrected chi connectivity index (χ0v) is 11.0. The van der Waals surface area contributed by atoms with Crippen molar-refractivity contribution in [2.24, 2.45) is 5.73 Å². The lowest BCUT2D eigenvalue weighted by molar-refractivity contribution is -0.137. The summed E-state index contributed by atoms with van der Waals surface area (Å²) in [5.74, 6) is -0.207. The van der Waals surface area contributed by atoms with Gasteiger partial charge in [0.25, 0.3) is 0 Å². The molecule has 0 unspecified atom stereocenters. The topological polar surface area (TPSA) is 43.1 Å². The van der Waals surface area contributed by atoms with Crippen LogP contribution in [0, 0.1) is 0 Å². The number of alkyl halides is 3. The lowest BCUT2D eigenvalue weighted by Gasteiger charge is -2.08. The van der Waals surface area contributed by atoms with E-state index in [1.807, 2.05) is 0 Å². The van der Waals surface area contributed by atoms with Crippen LogP contribution in [0.1, 0.15) is 36.8 Å². The Morgan fingerprint density at radius 3 is 2.15 bits per heavy atom. The van der Waals surface area contributed by atoms with Gasteiger partial charge in [0, 0.05) is 6.42 Å². The van der Waals surface area contributed by atoms with Crippen molar-refractivity contribution in [2.75, 3.05) is 0 Å². The average molecular weight is 283 g/mol. The molecule has 2 N–H and O–H groups in total. The van der Waals surface area contributed by atoms with Crippen LogP contribution in [0.5, 0.6) is 0 Å². The largest absolute Gasteiger partial charge is 0.416 e. The van der Waals surface area contributed by atoms with E-state index in [4.69, 9.17) is 5.73 Å². The van der Waals surface area contributed by atoms with E-state index in [0.29, 0.717) is 11.3 Å². The Balaban J connectivity index is 2.07. The average Bonchev–Trinajstić information content (AvgIpc) is 2.91. The molecule has 1 aliphatic rings. The summed E-state index contributed by atoms with van der Waals surface area (Å²) >= 11 is 0. The monoisotopic (exact) mass is 283 g/mol. The maximum absolute atomic E-state index is 12.4. The lowest BCUT2D eigenvalue weighted by atomic mass is 10.0. The fraction of sp³-hybridized carbons (Fsp3) is 0.400. The highest BCUT2D eigenvalue weighted by molar-refractivity contribution is 5.96. The molecule has 0 aliphatic heterocycles. The Hall–Kier alpha value is -1.78. The van der Waals surface area contributed by atoms with Crippen LogP contribution in [0.3, 0.4) is 0 Å². The molecule has 1 aliphatic carbocycles. The minimum atomic E-state index is -4.35. The second kappa shape index (κ2) is 5.69. The van der Waals surface area contributed by atoms with Crippen molar-refractivity contribution in [3.63, 3.8) is 0 Å². The van der Waals surface area contributed by atoms with Crippen LogP contribution in [0.25, 0.3) is 0 Å². The van der Waals surface area contributed by atoms with Gasteiger partial charge in [-0.2, -0.15) is 13.2 Å². The molecule has 108 valence electrons. The first-order valence-electron chi connectivity index (χ1n) is 6.55. The highest BCUT2D eigenvalue weighted by atomic mass is 19.4. The summed E-state index contributed by atoms with van der Waals surface area (Å²) < 4.78 is 37.3. The highest BCUT2D eigenvalue weighted by Crippen LogP contribution is 2.29. The molecule has 1 fully saturated rings. The van der Waals surface area contributed by atoms with Gasteiger partial charge in [0.2, 0.25) is 0 Å². The van der Waals surface area contributed by atoms with Crippen LogP contribution in [-0.4, -0.2) is 5.78 Å². The van der Waals surface area contributed by atoms with Crippen molar-refractivity contribution < 1.29 is 18.0 Å². The quantitative estimate of drug-likeness (QED) is 0.861. The van der Waals surface area contributed by atoms with E-state index in [0.717, 1.165) is 43.4 Å². The standard InChI is InChI=1S/C15H16F3NO/c16-15(17,18)12-7-5-10(6-8-12)9-13(20)14(19)11-3-1-2-4-11/h5-8H,1-4,9,19H2. The molecule has 5 heteroatoms. The third-order valence-corrected chi connectivity index (χ3v) is 3.53. The van der Waals surface area contributed by atoms with E-state index in [1.165, 1.54) is 12.1 Å². The van der Waals surface area contributed by atoms with Crippen molar-refractivity contribution in [1.29, 1.82) is 0 Å². The molecule has 1 aromatic carbocycles. The van der Waals surface area contributed by atoms with Crippen LogP contribution < -0.4 is 5.73 Å². The molecule has 0 saturated heterocycles. The van der Waals surface area contributed by atoms with Crippen molar-refractivity contribution >= 4 is 5.78 Å². The normalized spacial score (nSPS) is 15.4. The number of benzene rings is 1. The van der Waals surface area contributed by atoms with Crippen molar-refractivity contribution in [2.45, 2.75) is 38.3 Å². The van der Waals surface area contributed by atoms with Gasteiger partial charge >= 0.3 is 6.18 Å².